The molecule has 3 rings (SSSR count). The highest BCUT2D eigenvalue weighted by atomic mass is 19.1. The Hall–Kier alpha value is -2.43. The topological polar surface area (TPSA) is 45.2 Å². The second-order valence-electron chi connectivity index (χ2n) is 6.41. The third kappa shape index (κ3) is 4.10. The number of amides is 1. The molecule has 0 aliphatic carbocycles. The van der Waals surface area contributed by atoms with Gasteiger partial charge in [-0.25, -0.2) is 4.39 Å². The minimum absolute atomic E-state index is 0.168. The first-order chi connectivity index (χ1) is 11.6. The molecule has 2 aromatic rings. The van der Waals surface area contributed by atoms with Gasteiger partial charge in [-0.05, 0) is 42.5 Å². The van der Waals surface area contributed by atoms with Gasteiger partial charge in [-0.15, -0.1) is 0 Å². The number of hydrogen-bond donors (Lipinski definition) is 1. The van der Waals surface area contributed by atoms with Gasteiger partial charge in [-0.1, -0.05) is 19.1 Å². The molecule has 2 heterocycles. The monoisotopic (exact) mass is 327 g/mol. The van der Waals surface area contributed by atoms with Crippen molar-refractivity contribution in [2.75, 3.05) is 18.0 Å². The normalized spacial score (nSPS) is 15.3. The summed E-state index contributed by atoms with van der Waals surface area (Å²) in [4.78, 5) is 18.8. The summed E-state index contributed by atoms with van der Waals surface area (Å²) in [6.07, 6.45) is 5.73. The standard InChI is InChI=1S/C19H22FN3O/c1-14-6-8-23(9-7-14)18-10-16(12-21-13-18)19(24)22-11-15-2-4-17(20)5-3-15/h2-5,10,12-14H,6-9,11H2,1H3,(H,22,24). The van der Waals surface area contributed by atoms with Gasteiger partial charge < -0.3 is 10.2 Å². The molecule has 5 heteroatoms. The van der Waals surface area contributed by atoms with E-state index in [0.29, 0.717) is 12.1 Å². The summed E-state index contributed by atoms with van der Waals surface area (Å²) < 4.78 is 12.9. The van der Waals surface area contributed by atoms with Gasteiger partial charge in [0.25, 0.3) is 5.91 Å². The van der Waals surface area contributed by atoms with Crippen molar-refractivity contribution in [2.24, 2.45) is 5.92 Å². The molecule has 1 aromatic heterocycles. The minimum atomic E-state index is -0.280. The molecule has 0 bridgehead atoms. The number of carbonyl (C=O) groups excluding carboxylic acids is 1. The number of rotatable bonds is 4. The van der Waals surface area contributed by atoms with Crippen LogP contribution in [0.5, 0.6) is 0 Å². The van der Waals surface area contributed by atoms with Crippen LogP contribution in [0.4, 0.5) is 10.1 Å². The summed E-state index contributed by atoms with van der Waals surface area (Å²) in [5.74, 6) is 0.313. The third-order valence-corrected chi connectivity index (χ3v) is 4.50. The van der Waals surface area contributed by atoms with Crippen LogP contribution in [-0.2, 0) is 6.54 Å². The van der Waals surface area contributed by atoms with Gasteiger partial charge in [-0.2, -0.15) is 0 Å². The van der Waals surface area contributed by atoms with Crippen molar-refractivity contribution in [1.29, 1.82) is 0 Å². The lowest BCUT2D eigenvalue weighted by molar-refractivity contribution is 0.0950. The Kier molecular flexibility index (Phi) is 5.08. The predicted molar refractivity (Wildman–Crippen MR) is 92.4 cm³/mol. The van der Waals surface area contributed by atoms with E-state index in [0.717, 1.165) is 30.3 Å². The number of nitrogens with one attached hydrogen (secondary N) is 1. The number of pyridine rings is 1. The van der Waals surface area contributed by atoms with Crippen LogP contribution in [0.3, 0.4) is 0 Å². The highest BCUT2D eigenvalue weighted by Crippen LogP contribution is 2.22. The van der Waals surface area contributed by atoms with Gasteiger partial charge in [0.1, 0.15) is 5.82 Å². The molecule has 0 saturated carbocycles. The maximum Gasteiger partial charge on any atom is 0.253 e. The smallest absolute Gasteiger partial charge is 0.253 e. The van der Waals surface area contributed by atoms with Crippen LogP contribution in [0.1, 0.15) is 35.7 Å². The molecule has 0 spiro atoms. The Balaban J connectivity index is 1.62. The van der Waals surface area contributed by atoms with Crippen molar-refractivity contribution in [3.05, 3.63) is 59.7 Å². The van der Waals surface area contributed by atoms with Crippen LogP contribution in [0.15, 0.2) is 42.7 Å². The highest BCUT2D eigenvalue weighted by Gasteiger charge is 2.17. The number of nitrogens with zero attached hydrogens (tertiary/aromatic N) is 2. The first-order valence-electron chi connectivity index (χ1n) is 8.34. The zero-order chi connectivity index (χ0) is 16.9. The van der Waals surface area contributed by atoms with Crippen LogP contribution in [0.2, 0.25) is 0 Å². The predicted octanol–water partition coefficient (Wildman–Crippen LogP) is 3.39. The van der Waals surface area contributed by atoms with E-state index < -0.39 is 0 Å². The van der Waals surface area contributed by atoms with E-state index in [1.54, 1.807) is 18.3 Å². The second kappa shape index (κ2) is 7.43. The van der Waals surface area contributed by atoms with Crippen molar-refractivity contribution in [2.45, 2.75) is 26.3 Å². The fourth-order valence-electron chi connectivity index (χ4n) is 2.88. The Bertz CT molecular complexity index is 694. The van der Waals surface area contributed by atoms with Gasteiger partial charge in [0.2, 0.25) is 0 Å². The van der Waals surface area contributed by atoms with Crippen LogP contribution in [-0.4, -0.2) is 24.0 Å². The SMILES string of the molecule is CC1CCN(c2cncc(C(=O)NCc3ccc(F)cc3)c2)CC1. The van der Waals surface area contributed by atoms with Gasteiger partial charge in [0, 0.05) is 25.8 Å². The van der Waals surface area contributed by atoms with Gasteiger partial charge >= 0.3 is 0 Å². The van der Waals surface area contributed by atoms with E-state index in [1.807, 2.05) is 12.3 Å². The van der Waals surface area contributed by atoms with E-state index in [-0.39, 0.29) is 11.7 Å². The van der Waals surface area contributed by atoms with E-state index >= 15 is 0 Å². The summed E-state index contributed by atoms with van der Waals surface area (Å²) in [5, 5.41) is 2.85. The highest BCUT2D eigenvalue weighted by molar-refractivity contribution is 5.94. The largest absolute Gasteiger partial charge is 0.370 e. The number of carbonyl (C=O) groups is 1. The summed E-state index contributed by atoms with van der Waals surface area (Å²) >= 11 is 0. The molecule has 1 aliphatic heterocycles. The number of halogens is 1. The summed E-state index contributed by atoms with van der Waals surface area (Å²) in [6.45, 7) is 4.65. The summed E-state index contributed by atoms with van der Waals surface area (Å²) in [6, 6.07) is 8.00. The second-order valence-corrected chi connectivity index (χ2v) is 6.41. The molecular formula is C19H22FN3O. The Morgan fingerprint density at radius 1 is 1.25 bits per heavy atom. The minimum Gasteiger partial charge on any atom is -0.370 e. The van der Waals surface area contributed by atoms with E-state index in [9.17, 15) is 9.18 Å². The molecule has 0 atom stereocenters. The van der Waals surface area contributed by atoms with E-state index in [4.69, 9.17) is 0 Å². The molecule has 1 aromatic carbocycles. The molecule has 1 fully saturated rings. The Morgan fingerprint density at radius 3 is 2.67 bits per heavy atom. The molecule has 0 unspecified atom stereocenters. The Morgan fingerprint density at radius 2 is 1.96 bits per heavy atom. The van der Waals surface area contributed by atoms with Gasteiger partial charge in [0.05, 0.1) is 17.4 Å². The quantitative estimate of drug-likeness (QED) is 0.936. The number of anilines is 1. The molecule has 1 amide bonds. The average molecular weight is 327 g/mol. The molecular weight excluding hydrogens is 305 g/mol. The Labute approximate surface area is 141 Å². The molecule has 4 nitrogen and oxygen atoms in total. The van der Waals surface area contributed by atoms with Crippen LogP contribution < -0.4 is 10.2 Å². The van der Waals surface area contributed by atoms with Crippen LogP contribution >= 0.6 is 0 Å². The van der Waals surface area contributed by atoms with Crippen molar-refractivity contribution in [1.82, 2.24) is 10.3 Å². The molecule has 0 radical (unpaired) electrons. The fraction of sp³-hybridized carbons (Fsp3) is 0.368. The number of benzene rings is 1. The van der Waals surface area contributed by atoms with Crippen LogP contribution in [0.25, 0.3) is 0 Å². The number of aromatic nitrogens is 1. The maximum absolute atomic E-state index is 12.9. The lowest BCUT2D eigenvalue weighted by Crippen LogP contribution is -2.33. The summed E-state index contributed by atoms with van der Waals surface area (Å²) in [5.41, 5.74) is 2.41. The average Bonchev–Trinajstić information content (AvgIpc) is 2.62. The van der Waals surface area contributed by atoms with Crippen molar-refractivity contribution < 1.29 is 9.18 Å². The molecule has 1 N–H and O–H groups in total. The zero-order valence-electron chi connectivity index (χ0n) is 13.8. The van der Waals surface area contributed by atoms with E-state index in [1.165, 1.54) is 25.0 Å². The number of hydrogen-bond acceptors (Lipinski definition) is 3. The first kappa shape index (κ1) is 16.4. The molecule has 126 valence electrons. The zero-order valence-corrected chi connectivity index (χ0v) is 13.8. The van der Waals surface area contributed by atoms with Crippen LogP contribution in [0, 0.1) is 11.7 Å². The first-order valence-corrected chi connectivity index (χ1v) is 8.34. The van der Waals surface area contributed by atoms with E-state index in [2.05, 4.69) is 22.1 Å². The molecule has 1 saturated heterocycles. The van der Waals surface area contributed by atoms with Gasteiger partial charge in [0.15, 0.2) is 0 Å². The third-order valence-electron chi connectivity index (χ3n) is 4.50. The van der Waals surface area contributed by atoms with Crippen molar-refractivity contribution in [3.8, 4) is 0 Å². The lowest BCUT2D eigenvalue weighted by Gasteiger charge is -2.32. The van der Waals surface area contributed by atoms with Gasteiger partial charge in [-0.3, -0.25) is 9.78 Å². The lowest BCUT2D eigenvalue weighted by atomic mass is 9.99. The van der Waals surface area contributed by atoms with Crippen molar-refractivity contribution in [3.63, 3.8) is 0 Å². The molecule has 1 aliphatic rings. The number of piperidine rings is 1. The fourth-order valence-corrected chi connectivity index (χ4v) is 2.88. The van der Waals surface area contributed by atoms with Crippen molar-refractivity contribution >= 4 is 11.6 Å². The molecule has 24 heavy (non-hydrogen) atoms. The summed E-state index contributed by atoms with van der Waals surface area (Å²) in [7, 11) is 0. The maximum atomic E-state index is 12.9.